The number of carbonyl (C=O) groups excluding carboxylic acids is 6. The Kier molecular flexibility index (Phi) is 21.2. The summed E-state index contributed by atoms with van der Waals surface area (Å²) in [6, 6.07) is 10.7. The van der Waals surface area contributed by atoms with Gasteiger partial charge in [-0.15, -0.1) is 0 Å². The van der Waals surface area contributed by atoms with Crippen molar-refractivity contribution in [3.8, 4) is 0 Å². The Morgan fingerprint density at radius 3 is 1.57 bits per heavy atom. The van der Waals surface area contributed by atoms with Crippen LogP contribution in [0.25, 0.3) is 0 Å². The Morgan fingerprint density at radius 1 is 0.607 bits per heavy atom. The summed E-state index contributed by atoms with van der Waals surface area (Å²) >= 11 is 0. The highest BCUT2D eigenvalue weighted by Gasteiger charge is 2.32. The quantitative estimate of drug-likeness (QED) is 0.0400. The molecule has 6 amide bonds. The number of primary amides is 1. The van der Waals surface area contributed by atoms with Gasteiger partial charge >= 0.3 is 0 Å². The second-order valence-corrected chi connectivity index (χ2v) is 13.4. The second-order valence-electron chi connectivity index (χ2n) is 13.4. The van der Waals surface area contributed by atoms with Crippen molar-refractivity contribution in [2.45, 2.75) is 94.0 Å². The molecule has 8 atom stereocenters. The summed E-state index contributed by atoms with van der Waals surface area (Å²) in [5.41, 5.74) is 29.7. The first kappa shape index (κ1) is 47.1. The van der Waals surface area contributed by atoms with Gasteiger partial charge in [0.2, 0.25) is 35.4 Å². The van der Waals surface area contributed by atoms with E-state index in [0.717, 1.165) is 5.56 Å². The van der Waals surface area contributed by atoms with Crippen molar-refractivity contribution in [2.75, 3.05) is 26.2 Å². The fraction of sp³-hybridized carbons (Fsp3) is 0.514. The minimum atomic E-state index is -1.58. The largest absolute Gasteiger partial charge is 0.391 e. The molecule has 2 aromatic carbocycles. The summed E-state index contributed by atoms with van der Waals surface area (Å²) < 4.78 is 0. The van der Waals surface area contributed by atoms with Crippen molar-refractivity contribution in [1.82, 2.24) is 31.9 Å². The minimum Gasteiger partial charge on any atom is -0.391 e. The van der Waals surface area contributed by atoms with Gasteiger partial charge in [0.25, 0.3) is 0 Å². The normalized spacial score (nSPS) is 15.4. The summed E-state index contributed by atoms with van der Waals surface area (Å²) in [5.74, 6) is -4.14. The summed E-state index contributed by atoms with van der Waals surface area (Å²) in [5, 5.41) is 37.1. The highest BCUT2D eigenvalue weighted by atomic mass is 16.3. The summed E-state index contributed by atoms with van der Waals surface area (Å²) in [7, 11) is 0. The molecule has 1 unspecified atom stereocenters. The van der Waals surface area contributed by atoms with Crippen LogP contribution >= 0.6 is 0 Å². The van der Waals surface area contributed by atoms with Crippen molar-refractivity contribution >= 4 is 35.4 Å². The molecule has 0 aliphatic carbocycles. The zero-order chi connectivity index (χ0) is 41.6. The third-order valence-electron chi connectivity index (χ3n) is 8.75. The molecule has 0 aliphatic heterocycles. The van der Waals surface area contributed by atoms with E-state index in [1.807, 2.05) is 0 Å². The molecule has 310 valence electrons. The number of nitrogens with two attached hydrogens (primary N) is 5. The SMILES string of the molecule is C[C@@H](O)[C@H](NC(=O)[C@H](CCN)NC(=O)[C@@H](N)CCN)C(O)NCC[C@H](NC(=O)Cc1ccccc1)C(=O)N[C@@H](CCN)C(=O)N[C@H](Cc1ccccc1)C(N)=O. The molecule has 0 fully saturated rings. The minimum absolute atomic E-state index is 0.0140. The molecular formula is C37H59N11O8. The van der Waals surface area contributed by atoms with Crippen molar-refractivity contribution in [3.63, 3.8) is 0 Å². The third kappa shape index (κ3) is 16.8. The zero-order valence-electron chi connectivity index (χ0n) is 31.7. The standard InChI is InChI=1S/C37H59N11O8/c1-22(49)31(48-36(55)27(14-18-40)45-33(52)25(41)12-16-38)37(56)43-19-15-28(44-30(50)21-24-10-6-3-7-11-24)35(54)46-26(13-17-39)34(53)47-29(32(42)51)20-23-8-4-2-5-9-23/h2-11,22,25-29,31,37,43,49,56H,12-21,38-41H2,1H3,(H2,42,51)(H,44,50)(H,45,52)(H,46,54)(H,47,53)(H,48,55)/t22-,25+,26+,27+,28+,29-,31+,37?/m1/s1. The smallest absolute Gasteiger partial charge is 0.243 e. The van der Waals surface area contributed by atoms with E-state index in [9.17, 15) is 39.0 Å². The van der Waals surface area contributed by atoms with Gasteiger partial charge in [0.1, 0.15) is 30.4 Å². The van der Waals surface area contributed by atoms with Crippen molar-refractivity contribution in [1.29, 1.82) is 0 Å². The van der Waals surface area contributed by atoms with Gasteiger partial charge in [-0.3, -0.25) is 34.1 Å². The molecular weight excluding hydrogens is 726 g/mol. The van der Waals surface area contributed by atoms with E-state index >= 15 is 0 Å². The Bertz CT molecular complexity index is 1540. The van der Waals surface area contributed by atoms with E-state index in [4.69, 9.17) is 28.7 Å². The Balaban J connectivity index is 2.19. The second kappa shape index (κ2) is 25.2. The molecule has 0 saturated heterocycles. The zero-order valence-corrected chi connectivity index (χ0v) is 31.7. The van der Waals surface area contributed by atoms with Gasteiger partial charge in [0, 0.05) is 13.0 Å². The monoisotopic (exact) mass is 785 g/mol. The summed E-state index contributed by atoms with van der Waals surface area (Å²) in [4.78, 5) is 78.1. The van der Waals surface area contributed by atoms with Crippen LogP contribution in [0.5, 0.6) is 0 Å². The predicted octanol–water partition coefficient (Wildman–Crippen LogP) is -4.57. The highest BCUT2D eigenvalue weighted by molar-refractivity contribution is 5.94. The van der Waals surface area contributed by atoms with Crippen molar-refractivity contribution < 1.29 is 39.0 Å². The summed E-state index contributed by atoms with van der Waals surface area (Å²) in [6.07, 6.45) is -2.79. The molecule has 0 aromatic heterocycles. The average molecular weight is 786 g/mol. The third-order valence-corrected chi connectivity index (χ3v) is 8.75. The number of hydrogen-bond donors (Lipinski definition) is 13. The number of benzene rings is 2. The Morgan fingerprint density at radius 2 is 1.07 bits per heavy atom. The lowest BCUT2D eigenvalue weighted by molar-refractivity contribution is -0.133. The molecule has 0 aliphatic rings. The number of rotatable bonds is 26. The van der Waals surface area contributed by atoms with Gasteiger partial charge in [-0.25, -0.2) is 0 Å². The van der Waals surface area contributed by atoms with Crippen LogP contribution in [-0.4, -0.2) is 120 Å². The van der Waals surface area contributed by atoms with E-state index in [1.54, 1.807) is 60.7 Å². The fourth-order valence-corrected chi connectivity index (χ4v) is 5.60. The maximum Gasteiger partial charge on any atom is 0.243 e. The number of amides is 6. The van der Waals surface area contributed by atoms with Crippen LogP contribution in [0.2, 0.25) is 0 Å². The van der Waals surface area contributed by atoms with E-state index < -0.39 is 84.0 Å². The van der Waals surface area contributed by atoms with Crippen molar-refractivity contribution in [2.24, 2.45) is 28.7 Å². The molecule has 56 heavy (non-hydrogen) atoms. The number of carbonyl (C=O) groups is 6. The van der Waals surface area contributed by atoms with Gasteiger partial charge in [-0.1, -0.05) is 60.7 Å². The lowest BCUT2D eigenvalue weighted by Crippen LogP contribution is -2.60. The van der Waals surface area contributed by atoms with Gasteiger partial charge in [-0.2, -0.15) is 0 Å². The first-order valence-electron chi connectivity index (χ1n) is 18.5. The van der Waals surface area contributed by atoms with Crippen LogP contribution in [0.3, 0.4) is 0 Å². The van der Waals surface area contributed by atoms with Crippen LogP contribution in [0.15, 0.2) is 60.7 Å². The molecule has 2 rings (SSSR count). The number of aliphatic hydroxyl groups is 2. The predicted molar refractivity (Wildman–Crippen MR) is 208 cm³/mol. The van der Waals surface area contributed by atoms with Crippen molar-refractivity contribution in [3.05, 3.63) is 71.8 Å². The average Bonchev–Trinajstić information content (AvgIpc) is 3.16. The lowest BCUT2D eigenvalue weighted by Gasteiger charge is -2.30. The maximum atomic E-state index is 13.7. The molecule has 0 spiro atoms. The molecule has 0 saturated carbocycles. The molecule has 0 radical (unpaired) electrons. The first-order chi connectivity index (χ1) is 26.7. The van der Waals surface area contributed by atoms with Crippen LogP contribution in [-0.2, 0) is 41.6 Å². The maximum absolute atomic E-state index is 13.7. The Labute approximate surface area is 326 Å². The van der Waals surface area contributed by atoms with E-state index in [-0.39, 0.29) is 64.7 Å². The van der Waals surface area contributed by atoms with Crippen LogP contribution in [0.4, 0.5) is 0 Å². The number of hydrogen-bond acceptors (Lipinski definition) is 13. The number of nitrogens with one attached hydrogen (secondary N) is 6. The van der Waals surface area contributed by atoms with Crippen LogP contribution in [0.1, 0.15) is 43.7 Å². The van der Waals surface area contributed by atoms with E-state index in [2.05, 4.69) is 31.9 Å². The first-order valence-corrected chi connectivity index (χ1v) is 18.5. The number of aliphatic hydroxyl groups excluding tert-OH is 2. The highest BCUT2D eigenvalue weighted by Crippen LogP contribution is 2.07. The van der Waals surface area contributed by atoms with Gasteiger partial charge in [0.05, 0.1) is 24.6 Å². The van der Waals surface area contributed by atoms with E-state index in [1.165, 1.54) is 6.92 Å². The van der Waals surface area contributed by atoms with Gasteiger partial charge in [0.15, 0.2) is 0 Å². The molecule has 2 aromatic rings. The molecule has 0 heterocycles. The molecule has 19 nitrogen and oxygen atoms in total. The molecule has 0 bridgehead atoms. The lowest BCUT2D eigenvalue weighted by atomic mass is 10.0. The molecule has 18 N–H and O–H groups in total. The molecule has 19 heteroatoms. The van der Waals surface area contributed by atoms with Crippen LogP contribution in [0, 0.1) is 0 Å². The van der Waals surface area contributed by atoms with Gasteiger partial charge < -0.3 is 65.5 Å². The Hall–Kier alpha value is -5.02. The van der Waals surface area contributed by atoms with Gasteiger partial charge in [-0.05, 0) is 63.4 Å². The fourth-order valence-electron chi connectivity index (χ4n) is 5.60. The topological polar surface area (TPSA) is 345 Å². The van der Waals surface area contributed by atoms with E-state index in [0.29, 0.717) is 5.56 Å². The van der Waals surface area contributed by atoms with Crippen LogP contribution < -0.4 is 60.6 Å². The summed E-state index contributed by atoms with van der Waals surface area (Å²) in [6.45, 7) is 1.35.